The van der Waals surface area contributed by atoms with Gasteiger partial charge >= 0.3 is 0 Å². The number of aliphatic hydroxyl groups excluding tert-OH is 1. The molecule has 2 heterocycles. The summed E-state index contributed by atoms with van der Waals surface area (Å²) in [5.74, 6) is 0.0329. The second-order valence-electron chi connectivity index (χ2n) is 5.87. The first-order valence-corrected chi connectivity index (χ1v) is 8.90. The van der Waals surface area contributed by atoms with Crippen LogP contribution in [-0.2, 0) is 17.8 Å². The van der Waals surface area contributed by atoms with E-state index >= 15 is 0 Å². The number of hydrogen-bond donors (Lipinski definition) is 1. The van der Waals surface area contributed by atoms with Crippen molar-refractivity contribution in [3.63, 3.8) is 0 Å². The minimum Gasteiger partial charge on any atom is -0.396 e. The molecular weight excluding hydrogens is 322 g/mol. The first kappa shape index (κ1) is 16.7. The molecule has 3 aromatic rings. The molecule has 3 rings (SSSR count). The van der Waals surface area contributed by atoms with E-state index < -0.39 is 0 Å². The van der Waals surface area contributed by atoms with Crippen molar-refractivity contribution in [3.05, 3.63) is 59.4 Å². The summed E-state index contributed by atoms with van der Waals surface area (Å²) in [5.41, 5.74) is 1.86. The summed E-state index contributed by atoms with van der Waals surface area (Å²) in [4.78, 5) is 20.1. The fourth-order valence-electron chi connectivity index (χ4n) is 2.73. The van der Waals surface area contributed by atoms with Gasteiger partial charge in [-0.2, -0.15) is 0 Å². The van der Waals surface area contributed by atoms with Crippen LogP contribution < -0.4 is 0 Å². The lowest BCUT2D eigenvalue weighted by molar-refractivity contribution is -0.133. The highest BCUT2D eigenvalue weighted by Crippen LogP contribution is 2.16. The molecule has 0 aliphatic carbocycles. The van der Waals surface area contributed by atoms with E-state index in [0.29, 0.717) is 13.0 Å². The van der Waals surface area contributed by atoms with Crippen molar-refractivity contribution >= 4 is 22.2 Å². The SMILES string of the molecule is CC(CCO)N(Cc1ccccc1)C(=O)Cc1cn2ccsc2n1. The molecule has 0 saturated carbocycles. The van der Waals surface area contributed by atoms with E-state index in [1.807, 2.05) is 64.3 Å². The van der Waals surface area contributed by atoms with E-state index in [4.69, 9.17) is 0 Å². The van der Waals surface area contributed by atoms with Crippen LogP contribution >= 0.6 is 11.3 Å². The van der Waals surface area contributed by atoms with Crippen molar-refractivity contribution in [1.82, 2.24) is 14.3 Å². The van der Waals surface area contributed by atoms with Gasteiger partial charge in [0.15, 0.2) is 4.96 Å². The second-order valence-corrected chi connectivity index (χ2v) is 6.74. The van der Waals surface area contributed by atoms with E-state index in [0.717, 1.165) is 16.2 Å². The Morgan fingerprint density at radius 2 is 2.17 bits per heavy atom. The number of imidazole rings is 1. The number of carbonyl (C=O) groups excluding carboxylic acids is 1. The number of fused-ring (bicyclic) bond motifs is 1. The largest absolute Gasteiger partial charge is 0.396 e. The highest BCUT2D eigenvalue weighted by molar-refractivity contribution is 7.15. The van der Waals surface area contributed by atoms with Crippen LogP contribution in [0.25, 0.3) is 4.96 Å². The number of rotatable bonds is 7. The zero-order valence-electron chi connectivity index (χ0n) is 13.6. The molecule has 24 heavy (non-hydrogen) atoms. The van der Waals surface area contributed by atoms with Gasteiger partial charge in [-0.15, -0.1) is 11.3 Å². The van der Waals surface area contributed by atoms with Crippen molar-refractivity contribution in [3.8, 4) is 0 Å². The molecule has 0 bridgehead atoms. The fraction of sp³-hybridized carbons (Fsp3) is 0.333. The number of aromatic nitrogens is 2. The number of carbonyl (C=O) groups is 1. The third-order valence-electron chi connectivity index (χ3n) is 4.07. The molecule has 0 saturated heterocycles. The van der Waals surface area contributed by atoms with E-state index in [1.165, 1.54) is 0 Å². The standard InChI is InChI=1S/C18H21N3O2S/c1-14(7-9-22)21(12-15-5-3-2-4-6-15)17(23)11-16-13-20-8-10-24-18(20)19-16/h2-6,8,10,13-14,22H,7,9,11-12H2,1H3. The number of benzene rings is 1. The van der Waals surface area contributed by atoms with Gasteiger partial charge in [-0.1, -0.05) is 30.3 Å². The van der Waals surface area contributed by atoms with Crippen LogP contribution in [-0.4, -0.2) is 37.9 Å². The van der Waals surface area contributed by atoms with Crippen molar-refractivity contribution in [2.75, 3.05) is 6.61 Å². The Morgan fingerprint density at radius 3 is 2.88 bits per heavy atom. The average Bonchev–Trinajstić information content (AvgIpc) is 3.15. The molecule has 5 nitrogen and oxygen atoms in total. The lowest BCUT2D eigenvalue weighted by atomic mass is 10.1. The molecule has 0 spiro atoms. The molecule has 1 atom stereocenters. The quantitative estimate of drug-likeness (QED) is 0.718. The van der Waals surface area contributed by atoms with Gasteiger partial charge in [0.05, 0.1) is 12.1 Å². The predicted molar refractivity (Wildman–Crippen MR) is 94.9 cm³/mol. The van der Waals surface area contributed by atoms with E-state index in [-0.39, 0.29) is 25.0 Å². The van der Waals surface area contributed by atoms with E-state index in [1.54, 1.807) is 11.3 Å². The van der Waals surface area contributed by atoms with Crippen LogP contribution in [0.2, 0.25) is 0 Å². The van der Waals surface area contributed by atoms with Crippen LogP contribution in [0, 0.1) is 0 Å². The normalized spacial score (nSPS) is 12.4. The van der Waals surface area contributed by atoms with Gasteiger partial charge < -0.3 is 10.0 Å². The molecule has 6 heteroatoms. The van der Waals surface area contributed by atoms with Crippen molar-refractivity contribution < 1.29 is 9.90 Å². The first-order chi connectivity index (χ1) is 11.7. The number of amides is 1. The summed E-state index contributed by atoms with van der Waals surface area (Å²) in [6.45, 7) is 2.59. The zero-order valence-corrected chi connectivity index (χ0v) is 14.4. The Labute approximate surface area is 145 Å². The average molecular weight is 343 g/mol. The summed E-state index contributed by atoms with van der Waals surface area (Å²) < 4.78 is 1.94. The fourth-order valence-corrected chi connectivity index (χ4v) is 3.45. The van der Waals surface area contributed by atoms with Crippen molar-refractivity contribution in [2.24, 2.45) is 0 Å². The number of thiazole rings is 1. The monoisotopic (exact) mass is 343 g/mol. The lowest BCUT2D eigenvalue weighted by Gasteiger charge is -2.29. The molecule has 0 radical (unpaired) electrons. The minimum atomic E-state index is -0.0218. The van der Waals surface area contributed by atoms with Gasteiger partial charge in [0.1, 0.15) is 0 Å². The Bertz CT molecular complexity index is 768. The first-order valence-electron chi connectivity index (χ1n) is 8.02. The maximum atomic E-state index is 12.8. The number of hydrogen-bond acceptors (Lipinski definition) is 4. The molecule has 0 fully saturated rings. The van der Waals surface area contributed by atoms with E-state index in [2.05, 4.69) is 4.98 Å². The van der Waals surface area contributed by atoms with Crippen LogP contribution in [0.3, 0.4) is 0 Å². The van der Waals surface area contributed by atoms with Crippen LogP contribution in [0.5, 0.6) is 0 Å². The summed E-state index contributed by atoms with van der Waals surface area (Å²) >= 11 is 1.55. The summed E-state index contributed by atoms with van der Waals surface area (Å²) in [6.07, 6.45) is 4.69. The van der Waals surface area contributed by atoms with Crippen molar-refractivity contribution in [2.45, 2.75) is 32.4 Å². The van der Waals surface area contributed by atoms with Gasteiger partial charge in [-0.3, -0.25) is 9.20 Å². The Hall–Kier alpha value is -2.18. The highest BCUT2D eigenvalue weighted by atomic mass is 32.1. The van der Waals surface area contributed by atoms with Gasteiger partial charge in [0.2, 0.25) is 5.91 Å². The Balaban J connectivity index is 1.75. The molecule has 0 aliphatic heterocycles. The third-order valence-corrected chi connectivity index (χ3v) is 4.84. The van der Waals surface area contributed by atoms with Gasteiger partial charge in [-0.25, -0.2) is 4.98 Å². The van der Waals surface area contributed by atoms with Crippen LogP contribution in [0.4, 0.5) is 0 Å². The van der Waals surface area contributed by atoms with Gasteiger partial charge in [0, 0.05) is 37.0 Å². The molecule has 2 aromatic heterocycles. The molecule has 1 aromatic carbocycles. The van der Waals surface area contributed by atoms with Crippen molar-refractivity contribution in [1.29, 1.82) is 0 Å². The maximum Gasteiger partial charge on any atom is 0.229 e. The topological polar surface area (TPSA) is 57.8 Å². The van der Waals surface area contributed by atoms with Crippen LogP contribution in [0.15, 0.2) is 48.1 Å². The predicted octanol–water partition coefficient (Wildman–Crippen LogP) is 2.74. The molecule has 0 aliphatic rings. The molecule has 1 amide bonds. The van der Waals surface area contributed by atoms with Gasteiger partial charge in [0.25, 0.3) is 0 Å². The zero-order chi connectivity index (χ0) is 16.9. The van der Waals surface area contributed by atoms with E-state index in [9.17, 15) is 9.90 Å². The van der Waals surface area contributed by atoms with Gasteiger partial charge in [-0.05, 0) is 18.9 Å². The Kier molecular flexibility index (Phi) is 5.27. The molecule has 1 unspecified atom stereocenters. The second kappa shape index (κ2) is 7.59. The summed E-state index contributed by atoms with van der Waals surface area (Å²) in [5, 5.41) is 11.2. The molecule has 126 valence electrons. The number of aliphatic hydroxyl groups is 1. The summed E-state index contributed by atoms with van der Waals surface area (Å²) in [7, 11) is 0. The third kappa shape index (κ3) is 3.83. The summed E-state index contributed by atoms with van der Waals surface area (Å²) in [6, 6.07) is 9.91. The smallest absolute Gasteiger partial charge is 0.229 e. The number of nitrogens with zero attached hydrogens (tertiary/aromatic N) is 3. The van der Waals surface area contributed by atoms with Crippen LogP contribution in [0.1, 0.15) is 24.6 Å². The maximum absolute atomic E-state index is 12.8. The molecule has 1 N–H and O–H groups in total. The lowest BCUT2D eigenvalue weighted by Crippen LogP contribution is -2.39. The molecular formula is C18H21N3O2S. The minimum absolute atomic E-state index is 0.0218. The Morgan fingerprint density at radius 1 is 1.38 bits per heavy atom. The highest BCUT2D eigenvalue weighted by Gasteiger charge is 2.21.